The molecule has 0 bridgehead atoms. The lowest BCUT2D eigenvalue weighted by Gasteiger charge is -2.24. The van der Waals surface area contributed by atoms with Crippen molar-refractivity contribution in [3.63, 3.8) is 0 Å². The first-order valence-electron chi connectivity index (χ1n) is 8.77. The molecule has 1 aliphatic rings. The van der Waals surface area contributed by atoms with Gasteiger partial charge in [0.25, 0.3) is 0 Å². The van der Waals surface area contributed by atoms with Crippen LogP contribution in [0.25, 0.3) is 0 Å². The summed E-state index contributed by atoms with van der Waals surface area (Å²) in [5.74, 6) is -1.21. The summed E-state index contributed by atoms with van der Waals surface area (Å²) in [5.41, 5.74) is 1.19. The summed E-state index contributed by atoms with van der Waals surface area (Å²) in [6.45, 7) is 0. The van der Waals surface area contributed by atoms with Crippen molar-refractivity contribution in [2.24, 2.45) is 11.8 Å². The van der Waals surface area contributed by atoms with Gasteiger partial charge in [0, 0.05) is 6.42 Å². The van der Waals surface area contributed by atoms with Gasteiger partial charge in [-0.1, -0.05) is 30.3 Å². The van der Waals surface area contributed by atoms with Crippen molar-refractivity contribution in [3.05, 3.63) is 35.9 Å². The van der Waals surface area contributed by atoms with Gasteiger partial charge < -0.3 is 20.4 Å². The van der Waals surface area contributed by atoms with E-state index in [9.17, 15) is 20.1 Å². The molecule has 0 unspecified atom stereocenters. The van der Waals surface area contributed by atoms with Gasteiger partial charge in [-0.25, -0.2) is 0 Å². The molecule has 5 nitrogen and oxygen atoms in total. The van der Waals surface area contributed by atoms with E-state index in [0.717, 1.165) is 6.42 Å². The lowest BCUT2D eigenvalue weighted by molar-refractivity contribution is -0.137. The zero-order valence-corrected chi connectivity index (χ0v) is 13.9. The van der Waals surface area contributed by atoms with Crippen LogP contribution in [-0.4, -0.2) is 44.7 Å². The Bertz CT molecular complexity index is 504. The van der Waals surface area contributed by atoms with Gasteiger partial charge in [0.15, 0.2) is 0 Å². The standard InChI is InChI=1S/C19H28O5/c20-14(7-6-13-4-2-1-3-5-13)8-9-15-16(10-11-19(23)24)18(22)12-17(15)21/h1-5,14-18,20-22H,6-12H2,(H,23,24)/t14-,15+,16+,17+,18-/m0/s1. The summed E-state index contributed by atoms with van der Waals surface area (Å²) >= 11 is 0. The van der Waals surface area contributed by atoms with Gasteiger partial charge in [0.05, 0.1) is 18.3 Å². The third kappa shape index (κ3) is 5.58. The molecule has 1 fully saturated rings. The Kier molecular flexibility index (Phi) is 7.21. The van der Waals surface area contributed by atoms with Crippen LogP contribution in [0.1, 0.15) is 44.1 Å². The maximum atomic E-state index is 10.8. The summed E-state index contributed by atoms with van der Waals surface area (Å²) in [7, 11) is 0. The van der Waals surface area contributed by atoms with Gasteiger partial charge in [-0.2, -0.15) is 0 Å². The van der Waals surface area contributed by atoms with E-state index in [-0.39, 0.29) is 18.3 Å². The van der Waals surface area contributed by atoms with Gasteiger partial charge in [-0.15, -0.1) is 0 Å². The van der Waals surface area contributed by atoms with Crippen LogP contribution in [0, 0.1) is 11.8 Å². The molecule has 134 valence electrons. The summed E-state index contributed by atoms with van der Waals surface area (Å²) in [6.07, 6.45) is 1.61. The number of aryl methyl sites for hydroxylation is 1. The minimum absolute atomic E-state index is 0.00150. The van der Waals surface area contributed by atoms with Gasteiger partial charge in [0.2, 0.25) is 0 Å². The molecule has 4 N–H and O–H groups in total. The lowest BCUT2D eigenvalue weighted by atomic mass is 9.85. The molecule has 0 spiro atoms. The van der Waals surface area contributed by atoms with Gasteiger partial charge in [-0.3, -0.25) is 4.79 Å². The summed E-state index contributed by atoms with van der Waals surface area (Å²) < 4.78 is 0. The molecule has 0 aromatic heterocycles. The van der Waals surface area contributed by atoms with Crippen molar-refractivity contribution in [2.45, 2.75) is 63.3 Å². The molecule has 0 saturated heterocycles. The number of carbonyl (C=O) groups is 1. The Morgan fingerprint density at radius 2 is 1.67 bits per heavy atom. The SMILES string of the molecule is O=C(O)CC[C@@H]1[C@@H](CC[C@@H](O)CCc2ccccc2)[C@H](O)C[C@@H]1O. The molecule has 0 heterocycles. The highest BCUT2D eigenvalue weighted by atomic mass is 16.4. The quantitative estimate of drug-likeness (QED) is 0.553. The zero-order valence-electron chi connectivity index (χ0n) is 13.9. The van der Waals surface area contributed by atoms with Gasteiger partial charge in [-0.05, 0) is 55.9 Å². The molecule has 1 aromatic carbocycles. The predicted octanol–water partition coefficient (Wildman–Crippen LogP) is 1.98. The largest absolute Gasteiger partial charge is 0.481 e. The Morgan fingerprint density at radius 1 is 1.04 bits per heavy atom. The molecule has 1 saturated carbocycles. The van der Waals surface area contributed by atoms with Gasteiger partial charge >= 0.3 is 5.97 Å². The van der Waals surface area contributed by atoms with E-state index in [2.05, 4.69) is 0 Å². The third-order valence-corrected chi connectivity index (χ3v) is 5.16. The first kappa shape index (κ1) is 18.9. The van der Waals surface area contributed by atoms with E-state index in [1.54, 1.807) is 0 Å². The molecule has 0 amide bonds. The number of hydrogen-bond donors (Lipinski definition) is 4. The Balaban J connectivity index is 1.78. The molecule has 0 aliphatic heterocycles. The van der Waals surface area contributed by atoms with E-state index in [1.807, 2.05) is 30.3 Å². The fourth-order valence-electron chi connectivity index (χ4n) is 3.78. The van der Waals surface area contributed by atoms with E-state index in [1.165, 1.54) is 5.56 Å². The van der Waals surface area contributed by atoms with E-state index in [4.69, 9.17) is 5.11 Å². The van der Waals surface area contributed by atoms with Crippen LogP contribution < -0.4 is 0 Å². The maximum Gasteiger partial charge on any atom is 0.303 e. The molecule has 24 heavy (non-hydrogen) atoms. The number of hydrogen-bond acceptors (Lipinski definition) is 4. The second kappa shape index (κ2) is 9.16. The minimum Gasteiger partial charge on any atom is -0.481 e. The number of aliphatic hydroxyl groups excluding tert-OH is 3. The third-order valence-electron chi connectivity index (χ3n) is 5.16. The highest BCUT2D eigenvalue weighted by Gasteiger charge is 2.41. The molecule has 0 radical (unpaired) electrons. The van der Waals surface area contributed by atoms with Crippen molar-refractivity contribution >= 4 is 5.97 Å². The van der Waals surface area contributed by atoms with Crippen LogP contribution in [0.3, 0.4) is 0 Å². The molecule has 5 heteroatoms. The van der Waals surface area contributed by atoms with E-state index in [0.29, 0.717) is 32.1 Å². The average molecular weight is 336 g/mol. The molecule has 2 rings (SSSR count). The van der Waals surface area contributed by atoms with Crippen LogP contribution >= 0.6 is 0 Å². The van der Waals surface area contributed by atoms with Crippen molar-refractivity contribution in [2.75, 3.05) is 0 Å². The first-order valence-corrected chi connectivity index (χ1v) is 8.77. The first-order chi connectivity index (χ1) is 11.5. The van der Waals surface area contributed by atoms with Crippen LogP contribution in [0.4, 0.5) is 0 Å². The topological polar surface area (TPSA) is 98.0 Å². The highest BCUT2D eigenvalue weighted by molar-refractivity contribution is 5.66. The molecular formula is C19H28O5. The lowest BCUT2D eigenvalue weighted by Crippen LogP contribution is -2.24. The number of benzene rings is 1. The van der Waals surface area contributed by atoms with Crippen LogP contribution in [0.5, 0.6) is 0 Å². The molecule has 1 aromatic rings. The molecular weight excluding hydrogens is 308 g/mol. The second-order valence-corrected chi connectivity index (χ2v) is 6.89. The normalized spacial score (nSPS) is 28.0. The fourth-order valence-corrected chi connectivity index (χ4v) is 3.78. The van der Waals surface area contributed by atoms with E-state index < -0.39 is 24.3 Å². The number of aliphatic carboxylic acids is 1. The number of aliphatic hydroxyl groups is 3. The highest BCUT2D eigenvalue weighted by Crippen LogP contribution is 2.38. The summed E-state index contributed by atoms with van der Waals surface area (Å²) in [4.78, 5) is 10.8. The fraction of sp³-hybridized carbons (Fsp3) is 0.632. The second-order valence-electron chi connectivity index (χ2n) is 6.89. The van der Waals surface area contributed by atoms with Crippen molar-refractivity contribution in [3.8, 4) is 0 Å². The van der Waals surface area contributed by atoms with Crippen molar-refractivity contribution < 1.29 is 25.2 Å². The van der Waals surface area contributed by atoms with Gasteiger partial charge in [0.1, 0.15) is 0 Å². The summed E-state index contributed by atoms with van der Waals surface area (Å²) in [6, 6.07) is 9.98. The number of rotatable bonds is 9. The molecule has 5 atom stereocenters. The summed E-state index contributed by atoms with van der Waals surface area (Å²) in [5, 5.41) is 39.2. The Hall–Kier alpha value is -1.43. The number of carboxylic acid groups (broad SMARTS) is 1. The average Bonchev–Trinajstić information content (AvgIpc) is 2.83. The van der Waals surface area contributed by atoms with Crippen LogP contribution in [0.15, 0.2) is 30.3 Å². The van der Waals surface area contributed by atoms with E-state index >= 15 is 0 Å². The monoisotopic (exact) mass is 336 g/mol. The predicted molar refractivity (Wildman–Crippen MR) is 90.5 cm³/mol. The maximum absolute atomic E-state index is 10.8. The van der Waals surface area contributed by atoms with Crippen molar-refractivity contribution in [1.82, 2.24) is 0 Å². The Labute approximate surface area is 143 Å². The number of carboxylic acids is 1. The smallest absolute Gasteiger partial charge is 0.303 e. The van der Waals surface area contributed by atoms with Crippen molar-refractivity contribution in [1.29, 1.82) is 0 Å². The molecule has 1 aliphatic carbocycles. The van der Waals surface area contributed by atoms with Crippen LogP contribution in [0.2, 0.25) is 0 Å². The minimum atomic E-state index is -0.884. The zero-order chi connectivity index (χ0) is 17.5. The Morgan fingerprint density at radius 3 is 2.29 bits per heavy atom. The van der Waals surface area contributed by atoms with Crippen LogP contribution in [-0.2, 0) is 11.2 Å².